The van der Waals surface area contributed by atoms with Gasteiger partial charge in [0.2, 0.25) is 0 Å². The van der Waals surface area contributed by atoms with Gasteiger partial charge in [-0.3, -0.25) is 4.79 Å². The number of phenolic OH excluding ortho intramolecular Hbond substituents is 1. The minimum atomic E-state index is -0.00227. The maximum Gasteiger partial charge on any atom is 0.306 e. The minimum Gasteiger partial charge on any atom is -0.507 e. The van der Waals surface area contributed by atoms with Crippen LogP contribution in [0.2, 0.25) is 5.02 Å². The lowest BCUT2D eigenvalue weighted by Gasteiger charge is -2.45. The summed E-state index contributed by atoms with van der Waals surface area (Å²) in [7, 11) is 0. The lowest BCUT2D eigenvalue weighted by molar-refractivity contribution is -0.143. The molecular formula is C25H28ClNO3. The largest absolute Gasteiger partial charge is 0.507 e. The minimum absolute atomic E-state index is 0.00227. The fraction of sp³-hybridized carbons (Fsp3) is 0.480. The second-order valence-corrected chi connectivity index (χ2v) is 9.53. The van der Waals surface area contributed by atoms with E-state index in [0.717, 1.165) is 23.3 Å². The molecule has 0 amide bonds. The van der Waals surface area contributed by atoms with Crippen molar-refractivity contribution in [2.75, 3.05) is 6.54 Å². The van der Waals surface area contributed by atoms with E-state index in [4.69, 9.17) is 16.3 Å². The van der Waals surface area contributed by atoms with Gasteiger partial charge in [-0.25, -0.2) is 0 Å². The van der Waals surface area contributed by atoms with Gasteiger partial charge in [0.15, 0.2) is 0 Å². The highest BCUT2D eigenvalue weighted by atomic mass is 35.5. The first-order chi connectivity index (χ1) is 14.6. The Kier molecular flexibility index (Phi) is 5.36. The van der Waals surface area contributed by atoms with Gasteiger partial charge in [-0.1, -0.05) is 36.6 Å². The summed E-state index contributed by atoms with van der Waals surface area (Å²) < 4.78 is 5.67. The molecule has 2 N–H and O–H groups in total. The molecule has 1 aromatic rings. The summed E-state index contributed by atoms with van der Waals surface area (Å²) in [4.78, 5) is 11.9. The van der Waals surface area contributed by atoms with Crippen molar-refractivity contribution in [2.24, 2.45) is 23.7 Å². The van der Waals surface area contributed by atoms with Crippen LogP contribution in [0.5, 0.6) is 5.75 Å². The van der Waals surface area contributed by atoms with E-state index in [-0.39, 0.29) is 17.8 Å². The molecule has 1 aromatic carbocycles. The van der Waals surface area contributed by atoms with Crippen LogP contribution >= 0.6 is 11.6 Å². The van der Waals surface area contributed by atoms with Crippen LogP contribution in [0.3, 0.4) is 0 Å². The van der Waals surface area contributed by atoms with Crippen LogP contribution in [0.15, 0.2) is 48.2 Å². The molecule has 2 aliphatic heterocycles. The number of ether oxygens (including phenoxy) is 1. The second-order valence-electron chi connectivity index (χ2n) is 9.10. The third-order valence-corrected chi connectivity index (χ3v) is 7.65. The number of hydrogen-bond acceptors (Lipinski definition) is 4. The van der Waals surface area contributed by atoms with E-state index in [1.165, 1.54) is 25.7 Å². The van der Waals surface area contributed by atoms with Crippen molar-refractivity contribution < 1.29 is 14.6 Å². The number of fused-ring (bicyclic) bond motifs is 3. The maximum atomic E-state index is 11.9. The van der Waals surface area contributed by atoms with Gasteiger partial charge < -0.3 is 15.2 Å². The maximum absolute atomic E-state index is 11.9. The highest BCUT2D eigenvalue weighted by Crippen LogP contribution is 2.51. The summed E-state index contributed by atoms with van der Waals surface area (Å²) in [6.45, 7) is 0.642. The summed E-state index contributed by atoms with van der Waals surface area (Å²) in [6.07, 6.45) is 15.4. The van der Waals surface area contributed by atoms with Crippen molar-refractivity contribution in [2.45, 2.75) is 44.6 Å². The number of benzene rings is 1. The number of phenols is 1. The zero-order chi connectivity index (χ0) is 20.7. The summed E-state index contributed by atoms with van der Waals surface area (Å²) in [5, 5.41) is 14.2. The van der Waals surface area contributed by atoms with Gasteiger partial charge in [0, 0.05) is 28.7 Å². The molecule has 0 radical (unpaired) electrons. The summed E-state index contributed by atoms with van der Waals surface area (Å²) in [5.74, 6) is 2.44. The van der Waals surface area contributed by atoms with E-state index < -0.39 is 0 Å². The third kappa shape index (κ3) is 3.78. The average molecular weight is 426 g/mol. The number of halogens is 1. The Hall–Kier alpha value is -2.20. The molecule has 5 atom stereocenters. The summed E-state index contributed by atoms with van der Waals surface area (Å²) in [6, 6.07) is 5.12. The molecule has 30 heavy (non-hydrogen) atoms. The highest BCUT2D eigenvalue weighted by molar-refractivity contribution is 6.30. The van der Waals surface area contributed by atoms with E-state index in [1.54, 1.807) is 18.2 Å². The van der Waals surface area contributed by atoms with Crippen molar-refractivity contribution in [1.29, 1.82) is 0 Å². The van der Waals surface area contributed by atoms with Crippen molar-refractivity contribution in [3.63, 3.8) is 0 Å². The fourth-order valence-corrected chi connectivity index (χ4v) is 6.16. The molecule has 2 heterocycles. The van der Waals surface area contributed by atoms with Crippen LogP contribution in [0.4, 0.5) is 0 Å². The second kappa shape index (κ2) is 8.14. The predicted octanol–water partition coefficient (Wildman–Crippen LogP) is 5.23. The van der Waals surface area contributed by atoms with Gasteiger partial charge in [0.1, 0.15) is 11.9 Å². The summed E-state index contributed by atoms with van der Waals surface area (Å²) in [5.41, 5.74) is 2.84. The zero-order valence-electron chi connectivity index (χ0n) is 17.0. The smallest absolute Gasteiger partial charge is 0.306 e. The van der Waals surface area contributed by atoms with Crippen LogP contribution in [-0.2, 0) is 9.53 Å². The molecule has 158 valence electrons. The SMILES string of the molecule is O=C1C[C@H]2[C@@H]3CCCC[C@H]3[C@H](/C=C/C3=CC=C(c4cc(Cl)ccc4O)CN3)C[C@H]2O1. The van der Waals surface area contributed by atoms with Crippen LogP contribution < -0.4 is 5.32 Å². The van der Waals surface area contributed by atoms with Crippen molar-refractivity contribution >= 4 is 23.1 Å². The Morgan fingerprint density at radius 3 is 2.77 bits per heavy atom. The van der Waals surface area contributed by atoms with Gasteiger partial charge in [-0.2, -0.15) is 0 Å². The Balaban J connectivity index is 1.32. The first kappa shape index (κ1) is 19.7. The summed E-state index contributed by atoms with van der Waals surface area (Å²) >= 11 is 6.09. The standard InChI is InChI=1S/C25H28ClNO3/c26-17-7-10-23(28)21(12-17)16-6-9-18(27-14-16)8-5-15-11-24-22(13-25(29)30-24)20-4-2-1-3-19(15)20/h5-10,12,15,19-20,22,24,27-28H,1-4,11,13-14H2/b8-5+/t15-,19+,20-,22+,24-/m1/s1. The molecular weight excluding hydrogens is 398 g/mol. The number of aromatic hydroxyl groups is 1. The number of rotatable bonds is 3. The van der Waals surface area contributed by atoms with Crippen molar-refractivity contribution in [1.82, 2.24) is 5.32 Å². The number of nitrogens with one attached hydrogen (secondary N) is 1. The Morgan fingerprint density at radius 1 is 1.13 bits per heavy atom. The Morgan fingerprint density at radius 2 is 1.97 bits per heavy atom. The van der Waals surface area contributed by atoms with Gasteiger partial charge in [0.05, 0.1) is 6.42 Å². The number of hydrogen-bond donors (Lipinski definition) is 2. The quantitative estimate of drug-likeness (QED) is 0.651. The molecule has 0 unspecified atom stereocenters. The Labute approximate surface area is 182 Å². The molecule has 4 nitrogen and oxygen atoms in total. The molecule has 3 fully saturated rings. The zero-order valence-corrected chi connectivity index (χ0v) is 17.8. The fourth-order valence-electron chi connectivity index (χ4n) is 5.99. The molecule has 2 aliphatic carbocycles. The van der Waals surface area contributed by atoms with E-state index in [2.05, 4.69) is 23.5 Å². The van der Waals surface area contributed by atoms with Crippen molar-refractivity contribution in [3.8, 4) is 5.75 Å². The molecule has 1 saturated heterocycles. The normalized spacial score (nSPS) is 33.2. The lowest BCUT2D eigenvalue weighted by Crippen LogP contribution is -2.42. The van der Waals surface area contributed by atoms with E-state index in [1.807, 2.05) is 6.08 Å². The number of carbonyl (C=O) groups excluding carboxylic acids is 1. The van der Waals surface area contributed by atoms with E-state index in [9.17, 15) is 9.90 Å². The number of esters is 1. The monoisotopic (exact) mass is 425 g/mol. The van der Waals surface area contributed by atoms with E-state index in [0.29, 0.717) is 41.7 Å². The average Bonchev–Trinajstić information content (AvgIpc) is 3.14. The number of carbonyl (C=O) groups is 1. The van der Waals surface area contributed by atoms with Gasteiger partial charge in [0.25, 0.3) is 0 Å². The van der Waals surface area contributed by atoms with Gasteiger partial charge in [-0.05, 0) is 72.9 Å². The number of allylic oxidation sites excluding steroid dienone is 4. The number of dihydropyridines is 1. The lowest BCUT2D eigenvalue weighted by atomic mass is 9.60. The molecule has 4 aliphatic rings. The van der Waals surface area contributed by atoms with Crippen LogP contribution in [-0.4, -0.2) is 23.7 Å². The molecule has 2 saturated carbocycles. The molecule has 0 aromatic heterocycles. The predicted molar refractivity (Wildman–Crippen MR) is 118 cm³/mol. The van der Waals surface area contributed by atoms with Gasteiger partial charge in [-0.15, -0.1) is 0 Å². The highest BCUT2D eigenvalue weighted by Gasteiger charge is 2.49. The molecule has 5 heteroatoms. The van der Waals surface area contributed by atoms with Crippen molar-refractivity contribution in [3.05, 3.63) is 58.8 Å². The first-order valence-corrected chi connectivity index (χ1v) is 11.5. The molecule has 0 spiro atoms. The third-order valence-electron chi connectivity index (χ3n) is 7.42. The molecule has 5 rings (SSSR count). The topological polar surface area (TPSA) is 58.6 Å². The van der Waals surface area contributed by atoms with Crippen LogP contribution in [0, 0.1) is 23.7 Å². The van der Waals surface area contributed by atoms with Gasteiger partial charge >= 0.3 is 5.97 Å². The van der Waals surface area contributed by atoms with Crippen LogP contribution in [0.1, 0.15) is 44.1 Å². The first-order valence-electron chi connectivity index (χ1n) is 11.1. The molecule has 0 bridgehead atoms. The Bertz CT molecular complexity index is 934. The van der Waals surface area contributed by atoms with E-state index >= 15 is 0 Å². The van der Waals surface area contributed by atoms with Crippen LogP contribution in [0.25, 0.3) is 5.57 Å².